The van der Waals surface area contributed by atoms with E-state index < -0.39 is 0 Å². The lowest BCUT2D eigenvalue weighted by Crippen LogP contribution is -2.00. The number of rotatable bonds is 2. The normalized spacial score (nSPS) is 10.5. The molecule has 76 valence electrons. The summed E-state index contributed by atoms with van der Waals surface area (Å²) in [6.45, 7) is 2.09. The van der Waals surface area contributed by atoms with Crippen LogP contribution in [0.5, 0.6) is 0 Å². The quantitative estimate of drug-likeness (QED) is 0.755. The highest BCUT2D eigenvalue weighted by atomic mass is 16.1. The Kier molecular flexibility index (Phi) is 2.52. The first-order valence-electron chi connectivity index (χ1n) is 4.95. The minimum atomic E-state index is 0.0924. The van der Waals surface area contributed by atoms with Crippen molar-refractivity contribution in [3.05, 3.63) is 47.5 Å². The Morgan fingerprint density at radius 1 is 1.13 bits per heavy atom. The van der Waals surface area contributed by atoms with Crippen LogP contribution in [0.25, 0.3) is 10.8 Å². The van der Waals surface area contributed by atoms with Crippen molar-refractivity contribution in [2.75, 3.05) is 0 Å². The fourth-order valence-corrected chi connectivity index (χ4v) is 1.85. The number of hydrogen-bond donors (Lipinski definition) is 1. The van der Waals surface area contributed by atoms with E-state index in [2.05, 4.69) is 0 Å². The summed E-state index contributed by atoms with van der Waals surface area (Å²) in [6.07, 6.45) is 0. The van der Waals surface area contributed by atoms with Crippen molar-refractivity contribution >= 4 is 16.6 Å². The van der Waals surface area contributed by atoms with Gasteiger partial charge in [-0.05, 0) is 23.3 Å². The molecule has 0 amide bonds. The van der Waals surface area contributed by atoms with Crippen molar-refractivity contribution in [3.8, 4) is 0 Å². The Labute approximate surface area is 88.7 Å². The third kappa shape index (κ3) is 1.64. The van der Waals surface area contributed by atoms with Gasteiger partial charge in [0.05, 0.1) is 0 Å². The van der Waals surface area contributed by atoms with Crippen LogP contribution in [0.2, 0.25) is 0 Å². The average Bonchev–Trinajstić information content (AvgIpc) is 2.27. The van der Waals surface area contributed by atoms with Gasteiger partial charge in [0.15, 0.2) is 5.78 Å². The molecule has 0 bridgehead atoms. The molecule has 0 aromatic heterocycles. The Morgan fingerprint density at radius 3 is 2.40 bits per heavy atom. The lowest BCUT2D eigenvalue weighted by Gasteiger charge is -2.07. The van der Waals surface area contributed by atoms with Crippen LogP contribution in [0, 0.1) is 0 Å². The van der Waals surface area contributed by atoms with Crippen molar-refractivity contribution in [2.24, 2.45) is 5.73 Å². The maximum absolute atomic E-state index is 11.4. The largest absolute Gasteiger partial charge is 0.326 e. The van der Waals surface area contributed by atoms with Crippen LogP contribution in [-0.2, 0) is 6.54 Å². The second kappa shape index (κ2) is 3.83. The molecule has 0 aliphatic heterocycles. The molecule has 0 spiro atoms. The van der Waals surface area contributed by atoms with E-state index in [1.807, 2.05) is 36.4 Å². The first kappa shape index (κ1) is 9.87. The van der Waals surface area contributed by atoms with Gasteiger partial charge in [-0.25, -0.2) is 0 Å². The highest BCUT2D eigenvalue weighted by molar-refractivity contribution is 6.07. The van der Waals surface area contributed by atoms with Crippen LogP contribution in [0.4, 0.5) is 0 Å². The first-order chi connectivity index (χ1) is 7.24. The van der Waals surface area contributed by atoms with E-state index in [0.717, 1.165) is 21.9 Å². The van der Waals surface area contributed by atoms with Crippen LogP contribution >= 0.6 is 0 Å². The lowest BCUT2D eigenvalue weighted by molar-refractivity contribution is 0.101. The molecule has 2 rings (SSSR count). The molecule has 0 saturated carbocycles. The van der Waals surface area contributed by atoms with Crippen LogP contribution in [0.1, 0.15) is 22.8 Å². The van der Waals surface area contributed by atoms with Gasteiger partial charge < -0.3 is 5.73 Å². The van der Waals surface area contributed by atoms with Gasteiger partial charge in [0, 0.05) is 12.1 Å². The number of benzene rings is 2. The summed E-state index contributed by atoms with van der Waals surface area (Å²) >= 11 is 0. The third-order valence-corrected chi connectivity index (χ3v) is 2.61. The molecule has 2 aromatic carbocycles. The minimum absolute atomic E-state index is 0.0924. The standard InChI is InChI=1S/C13H13NO/c1-9(15)11-7-6-10(8-14)12-4-2-3-5-13(11)12/h2-7H,8,14H2,1H3. The summed E-state index contributed by atoms with van der Waals surface area (Å²) in [5.74, 6) is 0.0924. The van der Waals surface area contributed by atoms with Crippen LogP contribution in [-0.4, -0.2) is 5.78 Å². The maximum atomic E-state index is 11.4. The second-order valence-electron chi connectivity index (χ2n) is 3.58. The van der Waals surface area contributed by atoms with Gasteiger partial charge in [-0.2, -0.15) is 0 Å². The van der Waals surface area contributed by atoms with Crippen LogP contribution in [0.3, 0.4) is 0 Å². The maximum Gasteiger partial charge on any atom is 0.160 e. The van der Waals surface area contributed by atoms with Gasteiger partial charge in [0.2, 0.25) is 0 Å². The molecule has 2 nitrogen and oxygen atoms in total. The zero-order chi connectivity index (χ0) is 10.8. The summed E-state index contributed by atoms with van der Waals surface area (Å²) in [6, 6.07) is 11.7. The SMILES string of the molecule is CC(=O)c1ccc(CN)c2ccccc12. The van der Waals surface area contributed by atoms with Crippen molar-refractivity contribution in [2.45, 2.75) is 13.5 Å². The van der Waals surface area contributed by atoms with Gasteiger partial charge in [-0.15, -0.1) is 0 Å². The predicted octanol–water partition coefficient (Wildman–Crippen LogP) is 2.50. The fourth-order valence-electron chi connectivity index (χ4n) is 1.85. The van der Waals surface area contributed by atoms with Gasteiger partial charge in [-0.3, -0.25) is 4.79 Å². The van der Waals surface area contributed by atoms with E-state index in [4.69, 9.17) is 5.73 Å². The second-order valence-corrected chi connectivity index (χ2v) is 3.58. The zero-order valence-electron chi connectivity index (χ0n) is 8.66. The molecule has 2 aromatic rings. The molecule has 0 heterocycles. The van der Waals surface area contributed by atoms with Crippen molar-refractivity contribution < 1.29 is 4.79 Å². The Balaban J connectivity index is 2.83. The highest BCUT2D eigenvalue weighted by Gasteiger charge is 2.07. The van der Waals surface area contributed by atoms with E-state index >= 15 is 0 Å². The monoisotopic (exact) mass is 199 g/mol. The topological polar surface area (TPSA) is 43.1 Å². The molecular weight excluding hydrogens is 186 g/mol. The number of carbonyl (C=O) groups is 1. The molecule has 0 unspecified atom stereocenters. The number of Topliss-reactive ketones (excluding diaryl/α,β-unsaturated/α-hetero) is 1. The fraction of sp³-hybridized carbons (Fsp3) is 0.154. The predicted molar refractivity (Wildman–Crippen MR) is 61.8 cm³/mol. The highest BCUT2D eigenvalue weighted by Crippen LogP contribution is 2.22. The number of fused-ring (bicyclic) bond motifs is 1. The van der Waals surface area contributed by atoms with E-state index in [9.17, 15) is 4.79 Å². The Hall–Kier alpha value is -1.67. The van der Waals surface area contributed by atoms with Crippen molar-refractivity contribution in [1.82, 2.24) is 0 Å². The number of hydrogen-bond acceptors (Lipinski definition) is 2. The first-order valence-corrected chi connectivity index (χ1v) is 4.95. The van der Waals surface area contributed by atoms with Crippen molar-refractivity contribution in [3.63, 3.8) is 0 Å². The summed E-state index contributed by atoms with van der Waals surface area (Å²) in [4.78, 5) is 11.4. The Bertz CT molecular complexity index is 517. The number of ketones is 1. The lowest BCUT2D eigenvalue weighted by atomic mass is 9.98. The average molecular weight is 199 g/mol. The summed E-state index contributed by atoms with van der Waals surface area (Å²) < 4.78 is 0. The number of carbonyl (C=O) groups excluding carboxylic acids is 1. The van der Waals surface area contributed by atoms with Gasteiger partial charge >= 0.3 is 0 Å². The van der Waals surface area contributed by atoms with Gasteiger partial charge in [0.1, 0.15) is 0 Å². The molecule has 0 atom stereocenters. The zero-order valence-corrected chi connectivity index (χ0v) is 8.66. The summed E-state index contributed by atoms with van der Waals surface area (Å²) in [7, 11) is 0. The molecule has 15 heavy (non-hydrogen) atoms. The molecule has 2 N–H and O–H groups in total. The molecule has 0 aliphatic rings. The summed E-state index contributed by atoms with van der Waals surface area (Å²) in [5, 5.41) is 2.07. The van der Waals surface area contributed by atoms with Crippen molar-refractivity contribution in [1.29, 1.82) is 0 Å². The molecule has 2 heteroatoms. The third-order valence-electron chi connectivity index (χ3n) is 2.61. The Morgan fingerprint density at radius 2 is 1.80 bits per heavy atom. The molecule has 0 fully saturated rings. The molecule has 0 radical (unpaired) electrons. The van der Waals surface area contributed by atoms with Gasteiger partial charge in [-0.1, -0.05) is 36.4 Å². The van der Waals surface area contributed by atoms with Crippen LogP contribution in [0.15, 0.2) is 36.4 Å². The molecular formula is C13H13NO. The molecule has 0 aliphatic carbocycles. The molecule has 0 saturated heterocycles. The summed E-state index contributed by atoms with van der Waals surface area (Å²) in [5.41, 5.74) is 7.50. The number of nitrogens with two attached hydrogens (primary N) is 1. The van der Waals surface area contributed by atoms with E-state index in [0.29, 0.717) is 6.54 Å². The van der Waals surface area contributed by atoms with Crippen LogP contribution < -0.4 is 5.73 Å². The van der Waals surface area contributed by atoms with E-state index in [1.165, 1.54) is 0 Å². The van der Waals surface area contributed by atoms with E-state index in [1.54, 1.807) is 6.92 Å². The smallest absolute Gasteiger partial charge is 0.160 e. The van der Waals surface area contributed by atoms with Gasteiger partial charge in [0.25, 0.3) is 0 Å². The minimum Gasteiger partial charge on any atom is -0.326 e. The van der Waals surface area contributed by atoms with E-state index in [-0.39, 0.29) is 5.78 Å².